The molecule has 6 heteroatoms. The molecule has 53 heavy (non-hydrogen) atoms. The highest BCUT2D eigenvalue weighted by molar-refractivity contribution is 5.77. The lowest BCUT2D eigenvalue weighted by Crippen LogP contribution is -2.46. The van der Waals surface area contributed by atoms with Gasteiger partial charge in [-0.2, -0.15) is 0 Å². The Kier molecular flexibility index (Phi) is 38.9. The number of unbranched alkanes of at least 4 members (excludes halogenated alkanes) is 20. The summed E-state index contributed by atoms with van der Waals surface area (Å²) in [6.45, 7) is 6.27. The second kappa shape index (κ2) is 40.7. The van der Waals surface area contributed by atoms with Crippen LogP contribution >= 0.6 is 0 Å². The minimum atomic E-state index is -0.804. The van der Waals surface area contributed by atoms with Crippen LogP contribution in [0.5, 0.6) is 0 Å². The predicted octanol–water partition coefficient (Wildman–Crippen LogP) is 12.5. The molecular formula is C47H83NO5. The lowest BCUT2D eigenvalue weighted by molar-refractivity contribution is -0.151. The monoisotopic (exact) mass is 742 g/mol. The van der Waals surface area contributed by atoms with Gasteiger partial charge in [-0.3, -0.25) is 9.59 Å². The average Bonchev–Trinajstić information content (AvgIpc) is 3.15. The van der Waals surface area contributed by atoms with Crippen LogP contribution in [0, 0.1) is 0 Å². The largest absolute Gasteiger partial charge is 0.462 e. The summed E-state index contributed by atoms with van der Waals surface area (Å²) in [5, 5.41) is 23.5. The van der Waals surface area contributed by atoms with E-state index in [1.165, 1.54) is 96.3 Å². The fraction of sp³-hybridized carbons (Fsp3) is 0.745. The Labute approximate surface area is 327 Å². The van der Waals surface area contributed by atoms with Crippen molar-refractivity contribution in [1.82, 2.24) is 5.32 Å². The Morgan fingerprint density at radius 2 is 1.02 bits per heavy atom. The van der Waals surface area contributed by atoms with Crippen molar-refractivity contribution in [2.45, 2.75) is 219 Å². The first-order valence-electron chi connectivity index (χ1n) is 22.1. The minimum absolute atomic E-state index is 0.0286. The molecule has 0 aliphatic rings. The first kappa shape index (κ1) is 50.6. The smallest absolute Gasteiger partial charge is 0.306 e. The molecule has 0 saturated heterocycles. The van der Waals surface area contributed by atoms with Crippen LogP contribution in [0.1, 0.15) is 201 Å². The Bertz CT molecular complexity index is 968. The van der Waals surface area contributed by atoms with E-state index in [0.29, 0.717) is 19.3 Å². The van der Waals surface area contributed by atoms with Crippen LogP contribution in [0.4, 0.5) is 0 Å². The number of hydrogen-bond acceptors (Lipinski definition) is 5. The predicted molar refractivity (Wildman–Crippen MR) is 227 cm³/mol. The second-order valence-electron chi connectivity index (χ2n) is 14.8. The average molecular weight is 742 g/mol. The third kappa shape index (κ3) is 36.3. The number of amides is 1. The van der Waals surface area contributed by atoms with E-state index < -0.39 is 18.2 Å². The Hall–Kier alpha value is -2.44. The molecule has 0 aromatic rings. The van der Waals surface area contributed by atoms with Crippen molar-refractivity contribution in [2.75, 3.05) is 6.61 Å². The highest BCUT2D eigenvalue weighted by atomic mass is 16.5. The first-order chi connectivity index (χ1) is 26.0. The molecule has 0 aromatic heterocycles. The minimum Gasteiger partial charge on any atom is -0.462 e. The zero-order valence-corrected chi connectivity index (χ0v) is 34.6. The van der Waals surface area contributed by atoms with Crippen molar-refractivity contribution < 1.29 is 24.5 Å². The molecule has 3 N–H and O–H groups in total. The van der Waals surface area contributed by atoms with Gasteiger partial charge in [-0.25, -0.2) is 0 Å². The fourth-order valence-electron chi connectivity index (χ4n) is 6.40. The number of allylic oxidation sites excluding steroid dienone is 10. The molecule has 0 spiro atoms. The first-order valence-corrected chi connectivity index (χ1v) is 22.1. The van der Waals surface area contributed by atoms with Gasteiger partial charge in [-0.1, -0.05) is 210 Å². The summed E-state index contributed by atoms with van der Waals surface area (Å²) in [6, 6.07) is -0.721. The van der Waals surface area contributed by atoms with Crippen molar-refractivity contribution >= 4 is 11.9 Å². The molecule has 306 valence electrons. The van der Waals surface area contributed by atoms with E-state index in [1.807, 2.05) is 48.6 Å². The van der Waals surface area contributed by atoms with Crippen molar-refractivity contribution in [1.29, 1.82) is 0 Å². The molecule has 0 heterocycles. The van der Waals surface area contributed by atoms with E-state index in [2.05, 4.69) is 38.2 Å². The normalized spacial score (nSPS) is 14.0. The standard InChI is InChI=1S/C47H83NO5/c1-4-7-10-13-16-19-22-23-25-26-29-32-35-38-43(53-47(52)40-37-34-31-28-24-20-17-14-11-8-5-2)41-46(51)48-44(42-49)45(50)39-36-33-30-27-21-18-15-12-9-6-3/h7,10,13,16,19,22-23,25-26,29,43-45,49-50H,4-6,8-9,11-12,14-15,17-18,20-21,24,27-28,30-42H2,1-3H3,(H,48,51)/b10-7+,16-13+,22-19-,25-23-,29-26+. The molecule has 1 amide bonds. The van der Waals surface area contributed by atoms with Gasteiger partial charge in [0.05, 0.1) is 25.2 Å². The molecule has 0 fully saturated rings. The number of hydrogen-bond donors (Lipinski definition) is 3. The number of aliphatic hydroxyl groups is 2. The van der Waals surface area contributed by atoms with Crippen LogP contribution in [0.2, 0.25) is 0 Å². The Morgan fingerprint density at radius 1 is 0.566 bits per heavy atom. The summed E-state index contributed by atoms with van der Waals surface area (Å²) in [4.78, 5) is 25.9. The summed E-state index contributed by atoms with van der Waals surface area (Å²) in [5.41, 5.74) is 0. The van der Waals surface area contributed by atoms with E-state index in [4.69, 9.17) is 4.74 Å². The summed E-state index contributed by atoms with van der Waals surface area (Å²) < 4.78 is 5.85. The van der Waals surface area contributed by atoms with E-state index in [-0.39, 0.29) is 24.9 Å². The number of ether oxygens (including phenoxy) is 1. The van der Waals surface area contributed by atoms with Crippen LogP contribution in [0.15, 0.2) is 60.8 Å². The van der Waals surface area contributed by atoms with Gasteiger partial charge in [0, 0.05) is 6.42 Å². The van der Waals surface area contributed by atoms with Gasteiger partial charge in [0.2, 0.25) is 5.91 Å². The Morgan fingerprint density at radius 3 is 1.51 bits per heavy atom. The zero-order valence-electron chi connectivity index (χ0n) is 34.6. The molecule has 0 radical (unpaired) electrons. The summed E-state index contributed by atoms with van der Waals surface area (Å²) in [7, 11) is 0. The quantitative estimate of drug-likeness (QED) is 0.0333. The zero-order chi connectivity index (χ0) is 38.9. The molecule has 0 aliphatic heterocycles. The van der Waals surface area contributed by atoms with Crippen LogP contribution in [-0.4, -0.2) is 46.9 Å². The molecule has 3 atom stereocenters. The van der Waals surface area contributed by atoms with Gasteiger partial charge >= 0.3 is 5.97 Å². The lowest BCUT2D eigenvalue weighted by Gasteiger charge is -2.24. The number of carbonyl (C=O) groups excluding carboxylic acids is 2. The molecule has 0 aromatic carbocycles. The van der Waals surface area contributed by atoms with Crippen molar-refractivity contribution in [2.24, 2.45) is 0 Å². The molecule has 0 aliphatic carbocycles. The molecule has 6 nitrogen and oxygen atoms in total. The van der Waals surface area contributed by atoms with Gasteiger partial charge in [0.1, 0.15) is 6.10 Å². The SMILES string of the molecule is CC/C=C/C=C/C=C\C=C/C=C/CCCC(CC(=O)NC(CO)C(O)CCCCCCCCCCCC)OC(=O)CCCCCCCCCCCCC. The van der Waals surface area contributed by atoms with Crippen LogP contribution in [-0.2, 0) is 14.3 Å². The van der Waals surface area contributed by atoms with Crippen LogP contribution in [0.25, 0.3) is 0 Å². The van der Waals surface area contributed by atoms with E-state index in [0.717, 1.165) is 57.8 Å². The molecule has 3 unspecified atom stereocenters. The molecule has 0 rings (SSSR count). The highest BCUT2D eigenvalue weighted by Crippen LogP contribution is 2.16. The Balaban J connectivity index is 4.75. The lowest BCUT2D eigenvalue weighted by atomic mass is 10.0. The molecule has 0 saturated carbocycles. The number of esters is 1. The third-order valence-electron chi connectivity index (χ3n) is 9.74. The van der Waals surface area contributed by atoms with E-state index in [1.54, 1.807) is 0 Å². The van der Waals surface area contributed by atoms with Crippen molar-refractivity contribution in [3.05, 3.63) is 60.8 Å². The number of nitrogens with one attached hydrogen (secondary N) is 1. The molecular weight excluding hydrogens is 659 g/mol. The maximum absolute atomic E-state index is 13.1. The fourth-order valence-corrected chi connectivity index (χ4v) is 6.40. The van der Waals surface area contributed by atoms with Gasteiger partial charge < -0.3 is 20.3 Å². The maximum Gasteiger partial charge on any atom is 0.306 e. The summed E-state index contributed by atoms with van der Waals surface area (Å²) in [6.07, 6.45) is 48.5. The van der Waals surface area contributed by atoms with E-state index >= 15 is 0 Å². The van der Waals surface area contributed by atoms with E-state index in [9.17, 15) is 19.8 Å². The van der Waals surface area contributed by atoms with Crippen molar-refractivity contribution in [3.63, 3.8) is 0 Å². The van der Waals surface area contributed by atoms with Gasteiger partial charge in [0.15, 0.2) is 0 Å². The third-order valence-corrected chi connectivity index (χ3v) is 9.74. The summed E-state index contributed by atoms with van der Waals surface area (Å²) in [5.74, 6) is -0.550. The number of aliphatic hydroxyl groups excluding tert-OH is 2. The maximum atomic E-state index is 13.1. The number of rotatable bonds is 38. The topological polar surface area (TPSA) is 95.9 Å². The van der Waals surface area contributed by atoms with Gasteiger partial charge in [0.25, 0.3) is 0 Å². The number of carbonyl (C=O) groups is 2. The van der Waals surface area contributed by atoms with Gasteiger partial charge in [-0.15, -0.1) is 0 Å². The summed E-state index contributed by atoms with van der Waals surface area (Å²) >= 11 is 0. The van der Waals surface area contributed by atoms with Gasteiger partial charge in [-0.05, 0) is 38.5 Å². The van der Waals surface area contributed by atoms with Crippen LogP contribution in [0.3, 0.4) is 0 Å². The van der Waals surface area contributed by atoms with Crippen molar-refractivity contribution in [3.8, 4) is 0 Å². The second-order valence-corrected chi connectivity index (χ2v) is 14.8. The highest BCUT2D eigenvalue weighted by Gasteiger charge is 2.24. The molecule has 0 bridgehead atoms. The van der Waals surface area contributed by atoms with Crippen LogP contribution < -0.4 is 5.32 Å².